The number of carbonyl (C=O) groups is 1. The summed E-state index contributed by atoms with van der Waals surface area (Å²) in [5.41, 5.74) is 1.45. The average molecular weight is 377 g/mol. The van der Waals surface area contributed by atoms with E-state index in [2.05, 4.69) is 6.92 Å². The topological polar surface area (TPSA) is 26.3 Å². The molecule has 0 saturated carbocycles. The van der Waals surface area contributed by atoms with Crippen molar-refractivity contribution in [1.82, 2.24) is 0 Å². The van der Waals surface area contributed by atoms with E-state index in [9.17, 15) is 9.18 Å². The molecule has 0 amide bonds. The second-order valence-electron chi connectivity index (χ2n) is 6.46. The molecule has 0 aliphatic carbocycles. The van der Waals surface area contributed by atoms with Gasteiger partial charge in [-0.2, -0.15) is 0 Å². The van der Waals surface area contributed by atoms with E-state index in [1.807, 2.05) is 24.3 Å². The highest BCUT2D eigenvalue weighted by atomic mass is 35.5. The third-order valence-corrected chi connectivity index (χ3v) is 4.59. The van der Waals surface area contributed by atoms with Gasteiger partial charge in [-0.3, -0.25) is 4.79 Å². The van der Waals surface area contributed by atoms with Crippen molar-refractivity contribution in [3.05, 3.63) is 53.8 Å². The zero-order chi connectivity index (χ0) is 18.8. The first-order chi connectivity index (χ1) is 12.6. The van der Waals surface area contributed by atoms with E-state index in [0.717, 1.165) is 17.7 Å². The van der Waals surface area contributed by atoms with Crippen LogP contribution in [0.1, 0.15) is 62.2 Å². The zero-order valence-corrected chi connectivity index (χ0v) is 16.0. The molecule has 2 aromatic rings. The van der Waals surface area contributed by atoms with Crippen molar-refractivity contribution in [1.29, 1.82) is 0 Å². The average Bonchev–Trinajstić information content (AvgIpc) is 2.64. The van der Waals surface area contributed by atoms with E-state index in [0.29, 0.717) is 12.2 Å². The molecule has 4 heteroatoms. The second-order valence-corrected chi connectivity index (χ2v) is 6.81. The van der Waals surface area contributed by atoms with Crippen LogP contribution in [0.3, 0.4) is 0 Å². The second kappa shape index (κ2) is 11.0. The lowest BCUT2D eigenvalue weighted by Crippen LogP contribution is -1.97. The molecule has 0 spiro atoms. The van der Waals surface area contributed by atoms with Crippen LogP contribution in [-0.2, 0) is 0 Å². The fourth-order valence-electron chi connectivity index (χ4n) is 2.85. The number of rotatable bonds is 11. The maximum atomic E-state index is 13.9. The standard InChI is InChI=1S/C22H26ClFO2/c1-2-3-4-5-6-7-8-15-26-19-12-9-17(10-13-19)18-11-14-20(22(23)25)21(24)16-18/h9-14,16H,2-8,15H2,1H3. The van der Waals surface area contributed by atoms with Gasteiger partial charge in [-0.15, -0.1) is 0 Å². The van der Waals surface area contributed by atoms with Crippen LogP contribution in [0.2, 0.25) is 0 Å². The first kappa shape index (κ1) is 20.4. The van der Waals surface area contributed by atoms with Crippen LogP contribution < -0.4 is 4.74 Å². The van der Waals surface area contributed by atoms with E-state index in [1.165, 1.54) is 50.7 Å². The summed E-state index contributed by atoms with van der Waals surface area (Å²) in [7, 11) is 0. The highest BCUT2D eigenvalue weighted by molar-refractivity contribution is 6.67. The van der Waals surface area contributed by atoms with Crippen LogP contribution >= 0.6 is 11.6 Å². The number of carbonyl (C=O) groups excluding carboxylic acids is 1. The molecule has 0 aliphatic rings. The molecule has 0 radical (unpaired) electrons. The van der Waals surface area contributed by atoms with Gasteiger partial charge in [-0.1, -0.05) is 63.6 Å². The van der Waals surface area contributed by atoms with Crippen molar-refractivity contribution in [3.63, 3.8) is 0 Å². The molecular weight excluding hydrogens is 351 g/mol. The summed E-state index contributed by atoms with van der Waals surface area (Å²) in [4.78, 5) is 11.1. The van der Waals surface area contributed by atoms with Crippen molar-refractivity contribution < 1.29 is 13.9 Å². The molecule has 140 valence electrons. The molecule has 0 aromatic heterocycles. The van der Waals surface area contributed by atoms with Gasteiger partial charge in [0.2, 0.25) is 0 Å². The Bertz CT molecular complexity index is 698. The van der Waals surface area contributed by atoms with E-state index in [-0.39, 0.29) is 5.56 Å². The molecule has 0 bridgehead atoms. The Morgan fingerprint density at radius 2 is 1.54 bits per heavy atom. The zero-order valence-electron chi connectivity index (χ0n) is 15.3. The van der Waals surface area contributed by atoms with Gasteiger partial charge in [0.25, 0.3) is 5.24 Å². The summed E-state index contributed by atoms with van der Waals surface area (Å²) in [6.07, 6.45) is 8.79. The summed E-state index contributed by atoms with van der Waals surface area (Å²) < 4.78 is 19.6. The Kier molecular flexibility index (Phi) is 8.63. The van der Waals surface area contributed by atoms with Gasteiger partial charge in [0, 0.05) is 0 Å². The molecule has 0 heterocycles. The van der Waals surface area contributed by atoms with Crippen molar-refractivity contribution in [2.24, 2.45) is 0 Å². The van der Waals surface area contributed by atoms with Crippen LogP contribution in [0.5, 0.6) is 5.75 Å². The van der Waals surface area contributed by atoms with Crippen LogP contribution in [0.15, 0.2) is 42.5 Å². The van der Waals surface area contributed by atoms with Crippen molar-refractivity contribution in [2.75, 3.05) is 6.61 Å². The van der Waals surface area contributed by atoms with E-state index >= 15 is 0 Å². The van der Waals surface area contributed by atoms with Gasteiger partial charge < -0.3 is 4.74 Å². The molecule has 2 nitrogen and oxygen atoms in total. The number of ether oxygens (including phenoxy) is 1. The van der Waals surface area contributed by atoms with Crippen molar-refractivity contribution in [2.45, 2.75) is 51.9 Å². The minimum atomic E-state index is -0.789. The normalized spacial score (nSPS) is 10.7. The summed E-state index contributed by atoms with van der Waals surface area (Å²) in [6.45, 7) is 2.94. The van der Waals surface area contributed by atoms with Crippen molar-refractivity contribution in [3.8, 4) is 16.9 Å². The summed E-state index contributed by atoms with van der Waals surface area (Å²) in [5, 5.41) is -0.789. The lowest BCUT2D eigenvalue weighted by molar-refractivity contribution is 0.107. The lowest BCUT2D eigenvalue weighted by Gasteiger charge is -2.08. The molecule has 0 saturated heterocycles. The Morgan fingerprint density at radius 1 is 0.923 bits per heavy atom. The monoisotopic (exact) mass is 376 g/mol. The summed E-state index contributed by atoms with van der Waals surface area (Å²) >= 11 is 5.33. The fourth-order valence-corrected chi connectivity index (χ4v) is 3.00. The van der Waals surface area contributed by atoms with E-state index < -0.39 is 11.1 Å². The minimum absolute atomic E-state index is 0.106. The van der Waals surface area contributed by atoms with Gasteiger partial charge in [0.1, 0.15) is 11.6 Å². The first-order valence-electron chi connectivity index (χ1n) is 9.34. The SMILES string of the molecule is CCCCCCCCCOc1ccc(-c2ccc(C(=O)Cl)c(F)c2)cc1. The van der Waals surface area contributed by atoms with Crippen LogP contribution in [0.4, 0.5) is 4.39 Å². The van der Waals surface area contributed by atoms with Crippen LogP contribution in [0.25, 0.3) is 11.1 Å². The number of benzene rings is 2. The fraction of sp³-hybridized carbons (Fsp3) is 0.409. The number of hydrogen-bond acceptors (Lipinski definition) is 2. The molecule has 0 N–H and O–H groups in total. The Labute approximate surface area is 160 Å². The Hall–Kier alpha value is -1.87. The van der Waals surface area contributed by atoms with Gasteiger partial charge in [0.05, 0.1) is 12.2 Å². The molecule has 26 heavy (non-hydrogen) atoms. The summed E-state index contributed by atoms with van der Waals surface area (Å²) in [5.74, 6) is 0.203. The molecule has 0 unspecified atom stereocenters. The largest absolute Gasteiger partial charge is 0.494 e. The predicted molar refractivity (Wildman–Crippen MR) is 106 cm³/mol. The van der Waals surface area contributed by atoms with Crippen LogP contribution in [0, 0.1) is 5.82 Å². The third kappa shape index (κ3) is 6.45. The van der Waals surface area contributed by atoms with Gasteiger partial charge in [0.15, 0.2) is 0 Å². The number of halogens is 2. The highest BCUT2D eigenvalue weighted by Gasteiger charge is 2.10. The Morgan fingerprint density at radius 3 is 2.15 bits per heavy atom. The third-order valence-electron chi connectivity index (χ3n) is 4.39. The van der Waals surface area contributed by atoms with Gasteiger partial charge in [-0.25, -0.2) is 4.39 Å². The van der Waals surface area contributed by atoms with E-state index in [1.54, 1.807) is 6.07 Å². The summed E-state index contributed by atoms with van der Waals surface area (Å²) in [6, 6.07) is 12.0. The maximum absolute atomic E-state index is 13.9. The molecule has 0 aliphatic heterocycles. The quantitative estimate of drug-likeness (QED) is 0.311. The molecule has 2 aromatic carbocycles. The smallest absolute Gasteiger partial charge is 0.255 e. The van der Waals surface area contributed by atoms with Crippen molar-refractivity contribution >= 4 is 16.8 Å². The number of unbranched alkanes of at least 4 members (excludes halogenated alkanes) is 6. The molecule has 0 atom stereocenters. The molecule has 2 rings (SSSR count). The lowest BCUT2D eigenvalue weighted by atomic mass is 10.0. The minimum Gasteiger partial charge on any atom is -0.494 e. The van der Waals surface area contributed by atoms with Crippen LogP contribution in [-0.4, -0.2) is 11.8 Å². The van der Waals surface area contributed by atoms with Gasteiger partial charge in [-0.05, 0) is 53.4 Å². The molecule has 0 fully saturated rings. The molecular formula is C22H26ClFO2. The highest BCUT2D eigenvalue weighted by Crippen LogP contribution is 2.25. The van der Waals surface area contributed by atoms with E-state index in [4.69, 9.17) is 16.3 Å². The maximum Gasteiger partial charge on any atom is 0.255 e. The number of hydrogen-bond donors (Lipinski definition) is 0. The predicted octanol–water partition coefficient (Wildman–Crippen LogP) is 7.00. The van der Waals surface area contributed by atoms with Gasteiger partial charge >= 0.3 is 0 Å². The Balaban J connectivity index is 1.79. The first-order valence-corrected chi connectivity index (χ1v) is 9.72.